The van der Waals surface area contributed by atoms with Crippen molar-refractivity contribution in [3.05, 3.63) is 66.0 Å². The first-order valence-electron chi connectivity index (χ1n) is 10.8. The highest BCUT2D eigenvalue weighted by molar-refractivity contribution is 5.94. The molecule has 4 nitrogen and oxygen atoms in total. The van der Waals surface area contributed by atoms with Crippen molar-refractivity contribution >= 4 is 11.6 Å². The standard InChI is InChI=1S/C24H30FN3O/c25-22-12-6-5-11-21(22)23(29)26-19-24(13-7-2-8-14-24)28-17-15-27(16-18-28)20-9-3-1-4-10-20/h1,3-6,9-12H,2,7-8,13-19H2,(H,26,29). The fourth-order valence-electron chi connectivity index (χ4n) is 4.88. The molecule has 1 aliphatic carbocycles. The molecule has 0 radical (unpaired) electrons. The topological polar surface area (TPSA) is 35.6 Å². The van der Waals surface area contributed by atoms with Gasteiger partial charge in [0.1, 0.15) is 5.82 Å². The van der Waals surface area contributed by atoms with E-state index in [1.54, 1.807) is 18.2 Å². The fourth-order valence-corrected chi connectivity index (χ4v) is 4.88. The number of rotatable bonds is 5. The summed E-state index contributed by atoms with van der Waals surface area (Å²) in [5.41, 5.74) is 1.40. The van der Waals surface area contributed by atoms with Gasteiger partial charge in [0.2, 0.25) is 0 Å². The molecule has 5 heteroatoms. The van der Waals surface area contributed by atoms with Gasteiger partial charge in [0, 0.05) is 44.0 Å². The fraction of sp³-hybridized carbons (Fsp3) is 0.458. The first-order chi connectivity index (χ1) is 14.2. The Bertz CT molecular complexity index is 812. The van der Waals surface area contributed by atoms with E-state index in [1.165, 1.54) is 31.0 Å². The van der Waals surface area contributed by atoms with Crippen molar-refractivity contribution in [1.82, 2.24) is 10.2 Å². The number of carbonyl (C=O) groups excluding carboxylic acids is 1. The molecule has 1 heterocycles. The number of hydrogen-bond acceptors (Lipinski definition) is 3. The molecule has 0 spiro atoms. The van der Waals surface area contributed by atoms with Crippen molar-refractivity contribution in [2.24, 2.45) is 0 Å². The third kappa shape index (κ3) is 4.45. The molecule has 0 atom stereocenters. The van der Waals surface area contributed by atoms with Gasteiger partial charge in [0.05, 0.1) is 5.56 Å². The quantitative estimate of drug-likeness (QED) is 0.829. The molecular weight excluding hydrogens is 365 g/mol. The Morgan fingerprint density at radius 2 is 1.55 bits per heavy atom. The molecule has 1 saturated carbocycles. The highest BCUT2D eigenvalue weighted by Gasteiger charge is 2.39. The summed E-state index contributed by atoms with van der Waals surface area (Å²) in [6.45, 7) is 4.56. The Morgan fingerprint density at radius 3 is 2.24 bits per heavy atom. The zero-order chi connectivity index (χ0) is 20.1. The van der Waals surface area contributed by atoms with Crippen molar-refractivity contribution in [2.75, 3.05) is 37.6 Å². The van der Waals surface area contributed by atoms with Crippen LogP contribution in [0.25, 0.3) is 0 Å². The zero-order valence-electron chi connectivity index (χ0n) is 16.9. The predicted molar refractivity (Wildman–Crippen MR) is 115 cm³/mol. The highest BCUT2D eigenvalue weighted by Crippen LogP contribution is 2.34. The maximum Gasteiger partial charge on any atom is 0.254 e. The summed E-state index contributed by atoms with van der Waals surface area (Å²) in [5, 5.41) is 3.06. The maximum atomic E-state index is 14.0. The molecule has 0 aromatic heterocycles. The van der Waals surface area contributed by atoms with Gasteiger partial charge in [-0.15, -0.1) is 0 Å². The minimum Gasteiger partial charge on any atom is -0.369 e. The van der Waals surface area contributed by atoms with E-state index in [0.29, 0.717) is 6.54 Å². The molecule has 1 saturated heterocycles. The van der Waals surface area contributed by atoms with E-state index in [0.717, 1.165) is 39.0 Å². The van der Waals surface area contributed by atoms with Crippen LogP contribution in [0.4, 0.5) is 10.1 Å². The van der Waals surface area contributed by atoms with Crippen LogP contribution in [0.1, 0.15) is 42.5 Å². The number of nitrogens with zero attached hydrogens (tertiary/aromatic N) is 2. The van der Waals surface area contributed by atoms with E-state index < -0.39 is 5.82 Å². The Hall–Kier alpha value is -2.40. The third-order valence-electron chi connectivity index (χ3n) is 6.55. The Kier molecular flexibility index (Phi) is 6.14. The lowest BCUT2D eigenvalue weighted by atomic mass is 9.79. The lowest BCUT2D eigenvalue weighted by molar-refractivity contribution is 0.0426. The summed E-state index contributed by atoms with van der Waals surface area (Å²) in [7, 11) is 0. The van der Waals surface area contributed by atoms with Gasteiger partial charge in [0.15, 0.2) is 0 Å². The predicted octanol–water partition coefficient (Wildman–Crippen LogP) is 4.08. The molecule has 0 bridgehead atoms. The van der Waals surface area contributed by atoms with E-state index >= 15 is 0 Å². The summed E-state index contributed by atoms with van der Waals surface area (Å²) in [4.78, 5) is 17.6. The van der Waals surface area contributed by atoms with Crippen LogP contribution in [-0.4, -0.2) is 49.1 Å². The summed E-state index contributed by atoms with van der Waals surface area (Å²) in [6, 6.07) is 16.8. The van der Waals surface area contributed by atoms with Gasteiger partial charge in [-0.2, -0.15) is 0 Å². The van der Waals surface area contributed by atoms with Crippen LogP contribution >= 0.6 is 0 Å². The van der Waals surface area contributed by atoms with E-state index in [4.69, 9.17) is 0 Å². The molecule has 2 aromatic carbocycles. The molecule has 1 aliphatic heterocycles. The van der Waals surface area contributed by atoms with Crippen LogP contribution in [0.2, 0.25) is 0 Å². The number of amides is 1. The van der Waals surface area contributed by atoms with Crippen LogP contribution in [0.15, 0.2) is 54.6 Å². The van der Waals surface area contributed by atoms with Crippen molar-refractivity contribution in [1.29, 1.82) is 0 Å². The molecular formula is C24H30FN3O. The van der Waals surface area contributed by atoms with Gasteiger partial charge < -0.3 is 10.2 Å². The molecule has 0 unspecified atom stereocenters. The third-order valence-corrected chi connectivity index (χ3v) is 6.55. The zero-order valence-corrected chi connectivity index (χ0v) is 16.9. The monoisotopic (exact) mass is 395 g/mol. The lowest BCUT2D eigenvalue weighted by Gasteiger charge is -2.50. The molecule has 2 aromatic rings. The number of anilines is 1. The van der Waals surface area contributed by atoms with E-state index in [-0.39, 0.29) is 17.0 Å². The summed E-state index contributed by atoms with van der Waals surface area (Å²) >= 11 is 0. The van der Waals surface area contributed by atoms with Crippen LogP contribution in [-0.2, 0) is 0 Å². The van der Waals surface area contributed by atoms with Crippen molar-refractivity contribution < 1.29 is 9.18 Å². The molecule has 29 heavy (non-hydrogen) atoms. The normalized spacial score (nSPS) is 19.7. The highest BCUT2D eigenvalue weighted by atomic mass is 19.1. The number of nitrogens with one attached hydrogen (secondary N) is 1. The summed E-state index contributed by atoms with van der Waals surface area (Å²) in [5.74, 6) is -0.768. The summed E-state index contributed by atoms with van der Waals surface area (Å²) in [6.07, 6.45) is 5.82. The van der Waals surface area contributed by atoms with Gasteiger partial charge in [0.25, 0.3) is 5.91 Å². The Morgan fingerprint density at radius 1 is 0.897 bits per heavy atom. The SMILES string of the molecule is O=C(NCC1(N2CCN(c3ccccc3)CC2)CCCCC1)c1ccccc1F. The first-order valence-corrected chi connectivity index (χ1v) is 10.8. The van der Waals surface area contributed by atoms with E-state index in [1.807, 2.05) is 0 Å². The second-order valence-electron chi connectivity index (χ2n) is 8.26. The van der Waals surface area contributed by atoms with Crippen LogP contribution in [0.5, 0.6) is 0 Å². The smallest absolute Gasteiger partial charge is 0.254 e. The Balaban J connectivity index is 1.42. The van der Waals surface area contributed by atoms with Crippen molar-refractivity contribution in [2.45, 2.75) is 37.6 Å². The molecule has 2 fully saturated rings. The molecule has 1 amide bonds. The van der Waals surface area contributed by atoms with Gasteiger partial charge >= 0.3 is 0 Å². The van der Waals surface area contributed by atoms with Gasteiger partial charge in [-0.1, -0.05) is 49.6 Å². The minimum atomic E-state index is -0.459. The van der Waals surface area contributed by atoms with Gasteiger partial charge in [-0.3, -0.25) is 9.69 Å². The second kappa shape index (κ2) is 8.95. The molecule has 1 N–H and O–H groups in total. The lowest BCUT2D eigenvalue weighted by Crippen LogP contribution is -2.62. The van der Waals surface area contributed by atoms with Gasteiger partial charge in [-0.05, 0) is 37.1 Å². The van der Waals surface area contributed by atoms with Crippen LogP contribution in [0.3, 0.4) is 0 Å². The van der Waals surface area contributed by atoms with E-state index in [9.17, 15) is 9.18 Å². The number of carbonyl (C=O) groups is 1. The van der Waals surface area contributed by atoms with Crippen LogP contribution in [0, 0.1) is 5.82 Å². The summed E-state index contributed by atoms with van der Waals surface area (Å²) < 4.78 is 14.0. The van der Waals surface area contributed by atoms with E-state index in [2.05, 4.69) is 45.4 Å². The number of hydrogen-bond donors (Lipinski definition) is 1. The van der Waals surface area contributed by atoms with Crippen molar-refractivity contribution in [3.63, 3.8) is 0 Å². The number of halogens is 1. The number of piperazine rings is 1. The van der Waals surface area contributed by atoms with Crippen LogP contribution < -0.4 is 10.2 Å². The largest absolute Gasteiger partial charge is 0.369 e. The second-order valence-corrected chi connectivity index (χ2v) is 8.26. The van der Waals surface area contributed by atoms with Crippen molar-refractivity contribution in [3.8, 4) is 0 Å². The average molecular weight is 396 g/mol. The Labute approximate surface area is 172 Å². The van der Waals surface area contributed by atoms with Gasteiger partial charge in [-0.25, -0.2) is 4.39 Å². The molecule has 2 aliphatic rings. The average Bonchev–Trinajstić information content (AvgIpc) is 2.79. The molecule has 154 valence electrons. The minimum absolute atomic E-state index is 0.0120. The number of para-hydroxylation sites is 1. The first kappa shape index (κ1) is 19.9. The molecule has 4 rings (SSSR count). The maximum absolute atomic E-state index is 14.0. The number of benzene rings is 2.